The zero-order chi connectivity index (χ0) is 11.3. The summed E-state index contributed by atoms with van der Waals surface area (Å²) in [6.45, 7) is 0.759. The molecule has 1 aromatic rings. The van der Waals surface area contributed by atoms with Gasteiger partial charge in [0, 0.05) is 10.6 Å². The van der Waals surface area contributed by atoms with Crippen molar-refractivity contribution in [3.63, 3.8) is 0 Å². The van der Waals surface area contributed by atoms with Gasteiger partial charge in [-0.2, -0.15) is 0 Å². The minimum atomic E-state index is -1.25. The third-order valence-electron chi connectivity index (χ3n) is 1.91. The number of hydrogen-bond donors (Lipinski definition) is 1. The standard InChI is InChI=1S/C10H13F2NOS/c1-13-5-2-6-15(14)8-3-4-9(11)10(12)7-8/h3-4,7,13H,2,5-6H2,1H3. The van der Waals surface area contributed by atoms with Gasteiger partial charge in [0.2, 0.25) is 0 Å². The maximum atomic E-state index is 12.8. The van der Waals surface area contributed by atoms with Crippen molar-refractivity contribution >= 4 is 10.8 Å². The van der Waals surface area contributed by atoms with Crippen LogP contribution in [0.3, 0.4) is 0 Å². The van der Waals surface area contributed by atoms with E-state index in [-0.39, 0.29) is 0 Å². The fourth-order valence-electron chi connectivity index (χ4n) is 1.12. The van der Waals surface area contributed by atoms with Crippen LogP contribution in [0.5, 0.6) is 0 Å². The Bertz CT molecular complexity index is 357. The highest BCUT2D eigenvalue weighted by molar-refractivity contribution is 7.85. The molecule has 1 atom stereocenters. The molecule has 1 aromatic carbocycles. The van der Waals surface area contributed by atoms with Crippen molar-refractivity contribution in [2.45, 2.75) is 11.3 Å². The molecule has 0 aliphatic carbocycles. The van der Waals surface area contributed by atoms with Crippen LogP contribution >= 0.6 is 0 Å². The van der Waals surface area contributed by atoms with Crippen molar-refractivity contribution in [2.75, 3.05) is 19.3 Å². The molecule has 0 heterocycles. The van der Waals surface area contributed by atoms with E-state index in [1.165, 1.54) is 6.07 Å². The lowest BCUT2D eigenvalue weighted by molar-refractivity contribution is 0.505. The highest BCUT2D eigenvalue weighted by Gasteiger charge is 2.07. The first-order chi connectivity index (χ1) is 7.15. The minimum Gasteiger partial charge on any atom is -0.320 e. The average molecular weight is 233 g/mol. The zero-order valence-corrected chi connectivity index (χ0v) is 9.24. The molecule has 0 radical (unpaired) electrons. The maximum Gasteiger partial charge on any atom is 0.160 e. The normalized spacial score (nSPS) is 12.7. The lowest BCUT2D eigenvalue weighted by Gasteiger charge is -2.02. The second kappa shape index (κ2) is 5.92. The van der Waals surface area contributed by atoms with E-state index in [9.17, 15) is 13.0 Å². The lowest BCUT2D eigenvalue weighted by Crippen LogP contribution is -2.11. The molecular weight excluding hydrogens is 220 g/mol. The molecule has 0 saturated carbocycles. The van der Waals surface area contributed by atoms with Crippen molar-refractivity contribution in [1.82, 2.24) is 5.32 Å². The Kier molecular flexibility index (Phi) is 4.84. The summed E-state index contributed by atoms with van der Waals surface area (Å²) in [5.74, 6) is -1.41. The number of hydrogen-bond acceptors (Lipinski definition) is 2. The lowest BCUT2D eigenvalue weighted by atomic mass is 10.3. The van der Waals surface area contributed by atoms with Crippen LogP contribution in [0.15, 0.2) is 23.1 Å². The van der Waals surface area contributed by atoms with Crippen LogP contribution in [0.2, 0.25) is 0 Å². The van der Waals surface area contributed by atoms with E-state index in [2.05, 4.69) is 5.32 Å². The van der Waals surface area contributed by atoms with Gasteiger partial charge in [0.1, 0.15) is 0 Å². The van der Waals surface area contributed by atoms with Crippen LogP contribution in [0.1, 0.15) is 6.42 Å². The fraction of sp³-hybridized carbons (Fsp3) is 0.400. The van der Waals surface area contributed by atoms with Crippen LogP contribution in [0, 0.1) is 11.6 Å². The maximum absolute atomic E-state index is 12.8. The van der Waals surface area contributed by atoms with Crippen LogP contribution < -0.4 is 5.32 Å². The molecule has 0 aliphatic rings. The molecule has 0 amide bonds. The molecule has 1 unspecified atom stereocenters. The monoisotopic (exact) mass is 233 g/mol. The first kappa shape index (κ1) is 12.3. The summed E-state index contributed by atoms with van der Waals surface area (Å²) >= 11 is 0. The van der Waals surface area contributed by atoms with Gasteiger partial charge < -0.3 is 5.32 Å². The molecule has 2 nitrogen and oxygen atoms in total. The van der Waals surface area contributed by atoms with Gasteiger partial charge in [-0.25, -0.2) is 8.78 Å². The predicted octanol–water partition coefficient (Wildman–Crippen LogP) is 1.68. The topological polar surface area (TPSA) is 29.1 Å². The van der Waals surface area contributed by atoms with Gasteiger partial charge in [0.25, 0.3) is 0 Å². The Hall–Kier alpha value is -0.810. The Morgan fingerprint density at radius 3 is 2.67 bits per heavy atom. The van der Waals surface area contributed by atoms with E-state index < -0.39 is 22.4 Å². The smallest absolute Gasteiger partial charge is 0.160 e. The molecule has 5 heteroatoms. The molecular formula is C10H13F2NOS. The van der Waals surface area contributed by atoms with Crippen molar-refractivity contribution in [2.24, 2.45) is 0 Å². The number of halogens is 2. The van der Waals surface area contributed by atoms with Gasteiger partial charge >= 0.3 is 0 Å². The third-order valence-corrected chi connectivity index (χ3v) is 3.35. The molecule has 1 N–H and O–H groups in total. The van der Waals surface area contributed by atoms with Crippen molar-refractivity contribution in [3.8, 4) is 0 Å². The molecule has 0 spiro atoms. The van der Waals surface area contributed by atoms with E-state index in [1.807, 2.05) is 0 Å². The summed E-state index contributed by atoms with van der Waals surface area (Å²) in [4.78, 5) is 0.338. The average Bonchev–Trinajstić information content (AvgIpc) is 2.22. The SMILES string of the molecule is CNCCCS(=O)c1ccc(F)c(F)c1. The molecule has 0 saturated heterocycles. The first-order valence-electron chi connectivity index (χ1n) is 4.63. The van der Waals surface area contributed by atoms with Gasteiger partial charge in [-0.3, -0.25) is 4.21 Å². The van der Waals surface area contributed by atoms with E-state index in [4.69, 9.17) is 0 Å². The second-order valence-electron chi connectivity index (χ2n) is 3.08. The van der Waals surface area contributed by atoms with Gasteiger partial charge in [-0.1, -0.05) is 0 Å². The van der Waals surface area contributed by atoms with E-state index in [0.717, 1.165) is 25.1 Å². The zero-order valence-electron chi connectivity index (χ0n) is 8.43. The first-order valence-corrected chi connectivity index (χ1v) is 5.95. The van der Waals surface area contributed by atoms with E-state index in [0.29, 0.717) is 10.6 Å². The predicted molar refractivity (Wildman–Crippen MR) is 56.2 cm³/mol. The van der Waals surface area contributed by atoms with Crippen LogP contribution in [-0.2, 0) is 10.8 Å². The van der Waals surface area contributed by atoms with Crippen molar-refractivity contribution in [1.29, 1.82) is 0 Å². The Labute approximate surface area is 90.1 Å². The third kappa shape index (κ3) is 3.68. The van der Waals surface area contributed by atoms with E-state index >= 15 is 0 Å². The summed E-state index contributed by atoms with van der Waals surface area (Å²) in [6.07, 6.45) is 0.738. The van der Waals surface area contributed by atoms with Gasteiger partial charge in [-0.15, -0.1) is 0 Å². The van der Waals surface area contributed by atoms with Crippen molar-refractivity contribution < 1.29 is 13.0 Å². The second-order valence-corrected chi connectivity index (χ2v) is 4.65. The fourth-order valence-corrected chi connectivity index (χ4v) is 2.21. The van der Waals surface area contributed by atoms with Crippen LogP contribution in [0.25, 0.3) is 0 Å². The van der Waals surface area contributed by atoms with E-state index in [1.54, 1.807) is 7.05 Å². The Balaban J connectivity index is 2.62. The van der Waals surface area contributed by atoms with Gasteiger partial charge in [-0.05, 0) is 38.2 Å². The van der Waals surface area contributed by atoms with Crippen LogP contribution in [0.4, 0.5) is 8.78 Å². The van der Waals surface area contributed by atoms with Gasteiger partial charge in [0.05, 0.1) is 10.8 Å². The molecule has 84 valence electrons. The summed E-state index contributed by atoms with van der Waals surface area (Å²) in [6, 6.07) is 3.35. The number of rotatable bonds is 5. The van der Waals surface area contributed by atoms with Crippen molar-refractivity contribution in [3.05, 3.63) is 29.8 Å². The molecule has 0 fully saturated rings. The molecule has 15 heavy (non-hydrogen) atoms. The van der Waals surface area contributed by atoms with Crippen LogP contribution in [-0.4, -0.2) is 23.6 Å². The highest BCUT2D eigenvalue weighted by Crippen LogP contribution is 2.12. The molecule has 0 aliphatic heterocycles. The highest BCUT2D eigenvalue weighted by atomic mass is 32.2. The van der Waals surface area contributed by atoms with Gasteiger partial charge in [0.15, 0.2) is 11.6 Å². The summed E-state index contributed by atoms with van der Waals surface area (Å²) in [5, 5.41) is 2.93. The summed E-state index contributed by atoms with van der Waals surface area (Å²) in [7, 11) is 0.556. The Morgan fingerprint density at radius 1 is 1.33 bits per heavy atom. The largest absolute Gasteiger partial charge is 0.320 e. The number of nitrogens with one attached hydrogen (secondary N) is 1. The molecule has 0 aromatic heterocycles. The molecule has 1 rings (SSSR count). The number of benzene rings is 1. The molecule has 0 bridgehead atoms. The quantitative estimate of drug-likeness (QED) is 0.784. The Morgan fingerprint density at radius 2 is 2.07 bits per heavy atom. The minimum absolute atomic E-state index is 0.338. The summed E-state index contributed by atoms with van der Waals surface area (Å²) < 4.78 is 37.0. The summed E-state index contributed by atoms with van der Waals surface area (Å²) in [5.41, 5.74) is 0.